The Morgan fingerprint density at radius 3 is 1.53 bits per heavy atom. The Labute approximate surface area is 283 Å². The van der Waals surface area contributed by atoms with Crippen LogP contribution in [0, 0.1) is 0 Å². The summed E-state index contributed by atoms with van der Waals surface area (Å²) in [7, 11) is 1.26. The highest BCUT2D eigenvalue weighted by molar-refractivity contribution is 5.77. The van der Waals surface area contributed by atoms with Crippen LogP contribution in [-0.4, -0.2) is 187 Å². The lowest BCUT2D eigenvalue weighted by Gasteiger charge is -2.49. The van der Waals surface area contributed by atoms with Crippen LogP contribution in [0.2, 0.25) is 0 Å². The topological polar surface area (TPSA) is 285 Å². The maximum absolute atomic E-state index is 12.5. The molecule has 10 N–H and O–H groups in total. The third-order valence-electron chi connectivity index (χ3n) is 9.26. The zero-order valence-electron chi connectivity index (χ0n) is 28.5. The van der Waals surface area contributed by atoms with Crippen LogP contribution in [0.5, 0.6) is 0 Å². The van der Waals surface area contributed by atoms with E-state index in [0.29, 0.717) is 0 Å². The molecule has 0 saturated carbocycles. The summed E-state index contributed by atoms with van der Waals surface area (Å²) < 4.78 is 45.2. The van der Waals surface area contributed by atoms with Gasteiger partial charge in [-0.1, -0.05) is 0 Å². The maximum Gasteiger partial charge on any atom is 0.223 e. The molecule has 4 rings (SSSR count). The summed E-state index contributed by atoms with van der Waals surface area (Å²) in [5.41, 5.74) is -1.30. The number of amides is 1. The number of aliphatic hydroxyl groups is 9. The first-order valence-electron chi connectivity index (χ1n) is 16.3. The minimum absolute atomic E-state index is 0.246. The molecule has 4 aliphatic heterocycles. The van der Waals surface area contributed by atoms with Crippen molar-refractivity contribution in [2.75, 3.05) is 7.11 Å². The third kappa shape index (κ3) is 9.06. The van der Waals surface area contributed by atoms with Crippen molar-refractivity contribution in [1.29, 1.82) is 0 Å². The number of methoxy groups -OCH3 is 1. The monoisotopic (exact) mass is 715 g/mol. The van der Waals surface area contributed by atoms with Crippen molar-refractivity contribution in [3.63, 3.8) is 0 Å². The van der Waals surface area contributed by atoms with Crippen LogP contribution < -0.4 is 5.32 Å². The molecule has 0 aromatic heterocycles. The molecule has 4 heterocycles. The van der Waals surface area contributed by atoms with Gasteiger partial charge in [-0.25, -0.2) is 0 Å². The first-order valence-corrected chi connectivity index (χ1v) is 16.3. The number of carbonyl (C=O) groups excluding carboxylic acids is 1. The highest BCUT2D eigenvalue weighted by Gasteiger charge is 2.54. The standard InChI is InChI=1S/C30H53NO18/c1-9-14(31-13(32)8-30(5,6)41)18(36)25(42-7)29(44-9)48-23-17(35)12(4)45-27(21(23)39)47-22-16(34)11(3)46-28(20(22)38)49-24-19(37)15(33)10(2)43-26(24)40/h9-12,14-29,33-41H,8H2,1-7H3,(H,31,32)/t9?,10?,11?,12?,14-,15-,16-,17-,18-,19+,20-,21?,22+,23+,24?,25?,26?,27-,28?,29-/m0/s1. The van der Waals surface area contributed by atoms with Gasteiger partial charge in [0.15, 0.2) is 25.2 Å². The Balaban J connectivity index is 1.46. The fourth-order valence-electron chi connectivity index (χ4n) is 6.38. The fourth-order valence-corrected chi connectivity index (χ4v) is 6.38. The Hall–Kier alpha value is -1.21. The summed E-state index contributed by atoms with van der Waals surface area (Å²) in [6, 6.07) is -0.970. The Morgan fingerprint density at radius 1 is 0.592 bits per heavy atom. The van der Waals surface area contributed by atoms with E-state index in [1.807, 2.05) is 0 Å². The molecule has 0 spiro atoms. The van der Waals surface area contributed by atoms with Crippen molar-refractivity contribution in [2.45, 2.75) is 176 Å². The minimum Gasteiger partial charge on any atom is -0.390 e. The van der Waals surface area contributed by atoms with E-state index in [1.165, 1.54) is 41.7 Å². The van der Waals surface area contributed by atoms with E-state index in [-0.39, 0.29) is 6.42 Å². The van der Waals surface area contributed by atoms with Crippen LogP contribution in [0.1, 0.15) is 48.0 Å². The van der Waals surface area contributed by atoms with Gasteiger partial charge in [0.25, 0.3) is 0 Å². The second kappa shape index (κ2) is 16.2. The van der Waals surface area contributed by atoms with E-state index >= 15 is 0 Å². The van der Waals surface area contributed by atoms with Gasteiger partial charge in [-0.3, -0.25) is 4.79 Å². The zero-order valence-corrected chi connectivity index (χ0v) is 28.5. The molecule has 4 saturated heterocycles. The predicted molar refractivity (Wildman–Crippen MR) is 160 cm³/mol. The molecule has 0 aromatic rings. The number of hydrogen-bond acceptors (Lipinski definition) is 18. The Morgan fingerprint density at radius 2 is 1.04 bits per heavy atom. The number of carbonyl (C=O) groups is 1. The smallest absolute Gasteiger partial charge is 0.223 e. The van der Waals surface area contributed by atoms with Crippen LogP contribution >= 0.6 is 0 Å². The highest BCUT2D eigenvalue weighted by Crippen LogP contribution is 2.34. The van der Waals surface area contributed by atoms with Crippen molar-refractivity contribution in [2.24, 2.45) is 0 Å². The van der Waals surface area contributed by atoms with Crippen LogP contribution in [0.3, 0.4) is 0 Å². The largest absolute Gasteiger partial charge is 0.390 e. The van der Waals surface area contributed by atoms with E-state index < -0.39 is 134 Å². The summed E-state index contributed by atoms with van der Waals surface area (Å²) in [6.45, 7) is 8.79. The Kier molecular flexibility index (Phi) is 13.4. The lowest BCUT2D eigenvalue weighted by atomic mass is 9.94. The first kappa shape index (κ1) is 40.6. The molecule has 19 nitrogen and oxygen atoms in total. The van der Waals surface area contributed by atoms with E-state index in [2.05, 4.69) is 5.32 Å². The second-order valence-electron chi connectivity index (χ2n) is 13.9. The molecule has 286 valence electrons. The molecule has 0 aromatic carbocycles. The molecule has 19 heteroatoms. The van der Waals surface area contributed by atoms with Gasteiger partial charge in [0.05, 0.1) is 42.5 Å². The van der Waals surface area contributed by atoms with Gasteiger partial charge in [0.1, 0.15) is 67.1 Å². The quantitative estimate of drug-likeness (QED) is 0.102. The van der Waals surface area contributed by atoms with Crippen LogP contribution in [0.15, 0.2) is 0 Å². The van der Waals surface area contributed by atoms with E-state index in [0.717, 1.165) is 0 Å². The summed E-state index contributed by atoms with van der Waals surface area (Å²) in [5.74, 6) is -0.545. The van der Waals surface area contributed by atoms with Crippen molar-refractivity contribution in [3.8, 4) is 0 Å². The number of ether oxygens (including phenoxy) is 8. The molecule has 1 amide bonds. The van der Waals surface area contributed by atoms with Crippen molar-refractivity contribution >= 4 is 5.91 Å². The van der Waals surface area contributed by atoms with E-state index in [9.17, 15) is 50.8 Å². The molecular weight excluding hydrogens is 662 g/mol. The van der Waals surface area contributed by atoms with Gasteiger partial charge < -0.3 is 89.2 Å². The van der Waals surface area contributed by atoms with Gasteiger partial charge in [-0.2, -0.15) is 0 Å². The molecule has 0 aliphatic carbocycles. The minimum atomic E-state index is -1.81. The number of nitrogens with one attached hydrogen (secondary N) is 1. The summed E-state index contributed by atoms with van der Waals surface area (Å²) in [6.07, 6.45) is -27.4. The summed E-state index contributed by atoms with van der Waals surface area (Å²) >= 11 is 0. The van der Waals surface area contributed by atoms with Gasteiger partial charge >= 0.3 is 0 Å². The maximum atomic E-state index is 12.5. The zero-order chi connectivity index (χ0) is 36.7. The molecular formula is C30H53NO18. The normalized spacial score (nSPS) is 49.8. The number of rotatable bonds is 10. The molecule has 0 bridgehead atoms. The van der Waals surface area contributed by atoms with Gasteiger partial charge in [0, 0.05) is 7.11 Å². The van der Waals surface area contributed by atoms with Crippen molar-refractivity contribution in [1.82, 2.24) is 5.32 Å². The Bertz CT molecular complexity index is 1080. The summed E-state index contributed by atoms with van der Waals surface area (Å²) in [4.78, 5) is 12.5. The summed E-state index contributed by atoms with van der Waals surface area (Å²) in [5, 5.41) is 99.0. The molecule has 4 aliphatic rings. The lowest BCUT2D eigenvalue weighted by Crippen LogP contribution is -2.67. The van der Waals surface area contributed by atoms with Crippen molar-refractivity contribution < 1.29 is 88.6 Å². The molecule has 20 atom stereocenters. The van der Waals surface area contributed by atoms with Gasteiger partial charge in [0.2, 0.25) is 5.91 Å². The lowest BCUT2D eigenvalue weighted by molar-refractivity contribution is -0.385. The number of aliphatic hydroxyl groups excluding tert-OH is 8. The van der Waals surface area contributed by atoms with E-state index in [1.54, 1.807) is 6.92 Å². The van der Waals surface area contributed by atoms with Gasteiger partial charge in [-0.15, -0.1) is 0 Å². The molecule has 4 fully saturated rings. The molecule has 0 radical (unpaired) electrons. The van der Waals surface area contributed by atoms with Gasteiger partial charge in [-0.05, 0) is 41.5 Å². The second-order valence-corrected chi connectivity index (χ2v) is 13.9. The van der Waals surface area contributed by atoms with Crippen LogP contribution in [0.25, 0.3) is 0 Å². The highest BCUT2D eigenvalue weighted by atomic mass is 16.8. The SMILES string of the molecule is COC1[C@H](O[C@H]2C(O)[C@H](O[C@H]3[C@H](O)C(OC4C(O)OC(C)[C@H](O)[C@H]4O)OC(C)[C@@H]3O)OC(C)[C@@H]2O)OC(C)[C@H](NC(=O)CC(C)(C)O)[C@@H]1O. The van der Waals surface area contributed by atoms with Crippen LogP contribution in [0.4, 0.5) is 0 Å². The molecule has 9 unspecified atom stereocenters. The molecule has 49 heavy (non-hydrogen) atoms. The average molecular weight is 716 g/mol. The first-order chi connectivity index (χ1) is 22.7. The number of hydrogen-bond donors (Lipinski definition) is 10. The van der Waals surface area contributed by atoms with E-state index in [4.69, 9.17) is 37.9 Å². The third-order valence-corrected chi connectivity index (χ3v) is 9.26. The van der Waals surface area contributed by atoms with Crippen molar-refractivity contribution in [3.05, 3.63) is 0 Å². The predicted octanol–water partition coefficient (Wildman–Crippen LogP) is -4.70. The fraction of sp³-hybridized carbons (Fsp3) is 0.967. The average Bonchev–Trinajstić information content (AvgIpc) is 3.00. The van der Waals surface area contributed by atoms with Crippen LogP contribution in [-0.2, 0) is 42.7 Å².